The van der Waals surface area contributed by atoms with Gasteiger partial charge in [-0.1, -0.05) is 67.1 Å². The number of carbonyl (C=O) groups excluding carboxylic acids is 1. The van der Waals surface area contributed by atoms with E-state index in [1.54, 1.807) is 18.2 Å². The zero-order valence-electron chi connectivity index (χ0n) is 15.4. The average molecular weight is 427 g/mol. The molecule has 0 radical (unpaired) electrons. The second-order valence-corrected chi connectivity index (χ2v) is 8.60. The van der Waals surface area contributed by atoms with E-state index in [-0.39, 0.29) is 11.7 Å². The molecular weight excluding hydrogens is 403 g/mol. The lowest BCUT2D eigenvalue weighted by Gasteiger charge is -2.21. The standard InChI is InChI=1S/C19H24Cl2N4OS/c1-2-25-17(10-13-6-4-3-5-7-13)23-24-19(25)27-12-18(26)22-16-11-14(20)8-9-15(16)21/h8-9,11,13H,2-7,10,12H2,1H3,(H,22,26). The molecule has 146 valence electrons. The van der Waals surface area contributed by atoms with Crippen LogP contribution in [-0.2, 0) is 17.8 Å². The number of nitrogens with one attached hydrogen (secondary N) is 1. The summed E-state index contributed by atoms with van der Waals surface area (Å²) in [5.41, 5.74) is 0.518. The molecule has 1 aromatic carbocycles. The molecule has 1 saturated carbocycles. The highest BCUT2D eigenvalue weighted by Crippen LogP contribution is 2.28. The van der Waals surface area contributed by atoms with Gasteiger partial charge in [0.2, 0.25) is 5.91 Å². The number of hydrogen-bond donors (Lipinski definition) is 1. The molecule has 1 aliphatic carbocycles. The topological polar surface area (TPSA) is 59.8 Å². The average Bonchev–Trinajstić information content (AvgIpc) is 3.05. The number of benzene rings is 1. The van der Waals surface area contributed by atoms with Crippen LogP contribution < -0.4 is 5.32 Å². The molecular formula is C19H24Cl2N4OS. The maximum atomic E-state index is 12.3. The molecule has 0 unspecified atom stereocenters. The maximum absolute atomic E-state index is 12.3. The summed E-state index contributed by atoms with van der Waals surface area (Å²) >= 11 is 13.4. The van der Waals surface area contributed by atoms with Crippen LogP contribution in [0.1, 0.15) is 44.9 Å². The summed E-state index contributed by atoms with van der Waals surface area (Å²) in [6.07, 6.45) is 7.52. The van der Waals surface area contributed by atoms with Crippen molar-refractivity contribution in [3.05, 3.63) is 34.1 Å². The summed E-state index contributed by atoms with van der Waals surface area (Å²) < 4.78 is 2.12. The summed E-state index contributed by atoms with van der Waals surface area (Å²) in [4.78, 5) is 12.3. The number of thioether (sulfide) groups is 1. The lowest BCUT2D eigenvalue weighted by molar-refractivity contribution is -0.113. The first-order valence-electron chi connectivity index (χ1n) is 9.36. The highest BCUT2D eigenvalue weighted by Gasteiger charge is 2.19. The Bertz CT molecular complexity index is 790. The van der Waals surface area contributed by atoms with Crippen LogP contribution >= 0.6 is 35.0 Å². The molecule has 8 heteroatoms. The number of amides is 1. The van der Waals surface area contributed by atoms with Crippen LogP contribution in [0.5, 0.6) is 0 Å². The normalized spacial score (nSPS) is 15.1. The van der Waals surface area contributed by atoms with Crippen molar-refractivity contribution in [1.29, 1.82) is 0 Å². The Morgan fingerprint density at radius 2 is 2.04 bits per heavy atom. The zero-order chi connectivity index (χ0) is 19.2. The van der Waals surface area contributed by atoms with Crippen LogP contribution in [0.2, 0.25) is 10.0 Å². The minimum atomic E-state index is -0.149. The lowest BCUT2D eigenvalue weighted by Crippen LogP contribution is -2.16. The SMILES string of the molecule is CCn1c(CC2CCCCC2)nnc1SCC(=O)Nc1cc(Cl)ccc1Cl. The number of rotatable bonds is 7. The molecule has 0 atom stereocenters. The molecule has 1 aromatic heterocycles. The van der Waals surface area contributed by atoms with E-state index in [1.807, 2.05) is 0 Å². The van der Waals surface area contributed by atoms with Gasteiger partial charge in [0.1, 0.15) is 5.82 Å². The Kier molecular flexibility index (Phi) is 7.44. The van der Waals surface area contributed by atoms with Gasteiger partial charge in [0.15, 0.2) is 5.16 Å². The first-order chi connectivity index (χ1) is 13.1. The number of aromatic nitrogens is 3. The second-order valence-electron chi connectivity index (χ2n) is 6.81. The van der Waals surface area contributed by atoms with E-state index in [0.29, 0.717) is 21.7 Å². The smallest absolute Gasteiger partial charge is 0.234 e. The minimum absolute atomic E-state index is 0.149. The van der Waals surface area contributed by atoms with Crippen molar-refractivity contribution in [2.75, 3.05) is 11.1 Å². The summed E-state index contributed by atoms with van der Waals surface area (Å²) in [5, 5.41) is 13.3. The fourth-order valence-electron chi connectivity index (χ4n) is 3.45. The fraction of sp³-hybridized carbons (Fsp3) is 0.526. The van der Waals surface area contributed by atoms with Crippen molar-refractivity contribution in [3.63, 3.8) is 0 Å². The molecule has 0 spiro atoms. The summed E-state index contributed by atoms with van der Waals surface area (Å²) in [6.45, 7) is 2.89. The third kappa shape index (κ3) is 5.62. The van der Waals surface area contributed by atoms with Crippen molar-refractivity contribution in [2.45, 2.75) is 57.1 Å². The molecule has 1 N–H and O–H groups in total. The van der Waals surface area contributed by atoms with Gasteiger partial charge in [0.25, 0.3) is 0 Å². The zero-order valence-corrected chi connectivity index (χ0v) is 17.7. The van der Waals surface area contributed by atoms with Gasteiger partial charge in [0, 0.05) is 18.0 Å². The van der Waals surface area contributed by atoms with Gasteiger partial charge >= 0.3 is 0 Å². The van der Waals surface area contributed by atoms with Gasteiger partial charge in [-0.15, -0.1) is 10.2 Å². The quantitative estimate of drug-likeness (QED) is 0.597. The van der Waals surface area contributed by atoms with Crippen molar-refractivity contribution >= 4 is 46.6 Å². The van der Waals surface area contributed by atoms with E-state index in [2.05, 4.69) is 27.0 Å². The van der Waals surface area contributed by atoms with E-state index >= 15 is 0 Å². The Morgan fingerprint density at radius 3 is 2.78 bits per heavy atom. The first-order valence-corrected chi connectivity index (χ1v) is 11.1. The Balaban J connectivity index is 1.58. The van der Waals surface area contributed by atoms with Crippen LogP contribution in [0, 0.1) is 5.92 Å². The lowest BCUT2D eigenvalue weighted by atomic mass is 9.87. The third-order valence-corrected chi connectivity index (χ3v) is 6.37. The van der Waals surface area contributed by atoms with Crippen LogP contribution in [-0.4, -0.2) is 26.4 Å². The summed E-state index contributed by atoms with van der Waals surface area (Å²) in [7, 11) is 0. The number of carbonyl (C=O) groups is 1. The molecule has 1 fully saturated rings. The molecule has 5 nitrogen and oxygen atoms in total. The fourth-order valence-corrected chi connectivity index (χ4v) is 4.61. The molecule has 0 aliphatic heterocycles. The monoisotopic (exact) mass is 426 g/mol. The number of anilines is 1. The molecule has 0 bridgehead atoms. The minimum Gasteiger partial charge on any atom is -0.324 e. The van der Waals surface area contributed by atoms with Gasteiger partial charge in [-0.25, -0.2) is 0 Å². The largest absolute Gasteiger partial charge is 0.324 e. The highest BCUT2D eigenvalue weighted by molar-refractivity contribution is 7.99. The summed E-state index contributed by atoms with van der Waals surface area (Å²) in [5.74, 6) is 1.83. The van der Waals surface area contributed by atoms with Gasteiger partial charge < -0.3 is 9.88 Å². The Morgan fingerprint density at radius 1 is 1.26 bits per heavy atom. The van der Waals surface area contributed by atoms with Crippen LogP contribution in [0.25, 0.3) is 0 Å². The summed E-state index contributed by atoms with van der Waals surface area (Å²) in [6, 6.07) is 4.99. The molecule has 3 rings (SSSR count). The molecule has 0 saturated heterocycles. The van der Waals surface area contributed by atoms with Crippen molar-refractivity contribution in [3.8, 4) is 0 Å². The Hall–Kier alpha value is -1.24. The highest BCUT2D eigenvalue weighted by atomic mass is 35.5. The van der Waals surface area contributed by atoms with Gasteiger partial charge in [-0.05, 0) is 31.0 Å². The predicted molar refractivity (Wildman–Crippen MR) is 112 cm³/mol. The predicted octanol–water partition coefficient (Wildman–Crippen LogP) is 5.46. The van der Waals surface area contributed by atoms with Crippen LogP contribution in [0.4, 0.5) is 5.69 Å². The maximum Gasteiger partial charge on any atom is 0.234 e. The van der Waals surface area contributed by atoms with E-state index in [1.165, 1.54) is 43.9 Å². The Labute approximate surface area is 174 Å². The van der Waals surface area contributed by atoms with Crippen LogP contribution in [0.15, 0.2) is 23.4 Å². The van der Waals surface area contributed by atoms with Crippen molar-refractivity contribution in [1.82, 2.24) is 14.8 Å². The molecule has 1 aliphatic rings. The van der Waals surface area contributed by atoms with Gasteiger partial charge in [0.05, 0.1) is 16.5 Å². The first kappa shape index (κ1) is 20.5. The second kappa shape index (κ2) is 9.80. The number of hydrogen-bond acceptors (Lipinski definition) is 4. The van der Waals surface area contributed by atoms with Gasteiger partial charge in [-0.3, -0.25) is 4.79 Å². The van der Waals surface area contributed by atoms with Crippen molar-refractivity contribution in [2.24, 2.45) is 5.92 Å². The van der Waals surface area contributed by atoms with Gasteiger partial charge in [-0.2, -0.15) is 0 Å². The molecule has 2 aromatic rings. The number of nitrogens with zero attached hydrogens (tertiary/aromatic N) is 3. The molecule has 1 amide bonds. The van der Waals surface area contributed by atoms with Crippen LogP contribution in [0.3, 0.4) is 0 Å². The molecule has 27 heavy (non-hydrogen) atoms. The van der Waals surface area contributed by atoms with Crippen molar-refractivity contribution < 1.29 is 4.79 Å². The van der Waals surface area contributed by atoms with E-state index in [9.17, 15) is 4.79 Å². The third-order valence-electron chi connectivity index (χ3n) is 4.84. The number of halogens is 2. The molecule has 1 heterocycles. The van der Waals surface area contributed by atoms with E-state index < -0.39 is 0 Å². The van der Waals surface area contributed by atoms with E-state index in [0.717, 1.165) is 23.9 Å². The van der Waals surface area contributed by atoms with E-state index in [4.69, 9.17) is 23.2 Å².